The molecule has 0 fully saturated rings. The molecule has 0 saturated carbocycles. The van der Waals surface area contributed by atoms with Crippen LogP contribution in [0.4, 0.5) is 0 Å². The molecule has 0 rings (SSSR count). The lowest BCUT2D eigenvalue weighted by Gasteiger charge is -1.57. The molecule has 0 saturated heterocycles. The van der Waals surface area contributed by atoms with Gasteiger partial charge in [-0.25, -0.2) is 0 Å². The molecule has 0 heteroatoms. The second kappa shape index (κ2) is 2.74. The summed E-state index contributed by atoms with van der Waals surface area (Å²) in [5, 5.41) is 0. The highest BCUT2D eigenvalue weighted by Gasteiger charge is 1.45. The van der Waals surface area contributed by atoms with Gasteiger partial charge in [0.05, 0.1) is 1.37 Å². The maximum Gasteiger partial charge on any atom is 0.0534 e. The Morgan fingerprint density at radius 2 is 3.25 bits per heavy atom. The van der Waals surface area contributed by atoms with Crippen molar-refractivity contribution in [1.29, 1.82) is 0 Å². The molecule has 0 aromatic rings. The first-order valence-electron chi connectivity index (χ1n) is 2.03. The zero-order valence-electron chi connectivity index (χ0n) is 3.86. The van der Waals surface area contributed by atoms with Crippen molar-refractivity contribution in [3.05, 3.63) is 12.6 Å². The van der Waals surface area contributed by atoms with E-state index in [0.717, 1.165) is 6.42 Å². The van der Waals surface area contributed by atoms with Crippen molar-refractivity contribution in [3.63, 3.8) is 0 Å². The van der Waals surface area contributed by atoms with Crippen LogP contribution in [0, 0.1) is 0 Å². The van der Waals surface area contributed by atoms with E-state index >= 15 is 0 Å². The fourth-order valence-corrected chi connectivity index (χ4v) is 0. The molecular formula is C4H8. The largest absolute Gasteiger partial charge is 0.103 e. The topological polar surface area (TPSA) is 0 Å². The van der Waals surface area contributed by atoms with Crippen molar-refractivity contribution in [2.75, 3.05) is 0 Å². The standard InChI is InChI=1S/C4H8/c1-3-4-2/h3H,1,4H2,2H3/i1D/b3-1-. The molecule has 24 valence electrons. The molecule has 0 aliphatic rings. The van der Waals surface area contributed by atoms with Gasteiger partial charge in [-0.15, -0.1) is 6.55 Å². The zero-order valence-corrected chi connectivity index (χ0v) is 2.86. The third kappa shape index (κ3) is 1.74. The minimum atomic E-state index is 0.976. The van der Waals surface area contributed by atoms with Gasteiger partial charge in [0.1, 0.15) is 0 Å². The van der Waals surface area contributed by atoms with Gasteiger partial charge in [-0.3, -0.25) is 0 Å². The molecule has 0 aromatic heterocycles. The van der Waals surface area contributed by atoms with Gasteiger partial charge in [-0.05, 0) is 6.42 Å². The van der Waals surface area contributed by atoms with Crippen LogP contribution in [-0.4, -0.2) is 0 Å². The van der Waals surface area contributed by atoms with Crippen LogP contribution >= 0.6 is 0 Å². The molecule has 0 aliphatic carbocycles. The summed E-state index contributed by atoms with van der Waals surface area (Å²) in [7, 11) is 0. The summed E-state index contributed by atoms with van der Waals surface area (Å²) in [5.74, 6) is 0. The Kier molecular flexibility index (Phi) is 1.38. The van der Waals surface area contributed by atoms with Crippen molar-refractivity contribution in [1.82, 2.24) is 0 Å². The van der Waals surface area contributed by atoms with E-state index in [0.29, 0.717) is 0 Å². The maximum atomic E-state index is 6.42. The number of hydrogen-bond donors (Lipinski definition) is 0. The highest BCUT2D eigenvalue weighted by molar-refractivity contribution is 4.60. The van der Waals surface area contributed by atoms with Crippen LogP contribution in [-0.2, 0) is 0 Å². The van der Waals surface area contributed by atoms with E-state index in [4.69, 9.17) is 1.37 Å². The summed E-state index contributed by atoms with van der Waals surface area (Å²) in [5.41, 5.74) is 0. The maximum absolute atomic E-state index is 6.42. The third-order valence-corrected chi connectivity index (χ3v) is 0.236. The highest BCUT2D eigenvalue weighted by Crippen LogP contribution is 1.66. The minimum absolute atomic E-state index is 0.976. The molecule has 0 heterocycles. The van der Waals surface area contributed by atoms with Crippen LogP contribution in [0.25, 0.3) is 0 Å². The average molecular weight is 57.1 g/mol. The molecule has 0 unspecified atom stereocenters. The summed E-state index contributed by atoms with van der Waals surface area (Å²) in [6, 6.07) is 0. The van der Waals surface area contributed by atoms with Crippen LogP contribution in [0.2, 0.25) is 0 Å². The molecule has 0 atom stereocenters. The van der Waals surface area contributed by atoms with E-state index in [-0.39, 0.29) is 0 Å². The van der Waals surface area contributed by atoms with Crippen LogP contribution in [0.15, 0.2) is 12.6 Å². The van der Waals surface area contributed by atoms with Crippen molar-refractivity contribution >= 4 is 0 Å². The van der Waals surface area contributed by atoms with Gasteiger partial charge in [-0.1, -0.05) is 13.0 Å². The number of rotatable bonds is 1. The van der Waals surface area contributed by atoms with E-state index in [1.54, 1.807) is 6.08 Å². The number of hydrogen-bond acceptors (Lipinski definition) is 0. The Morgan fingerprint density at radius 3 is 3.25 bits per heavy atom. The minimum Gasteiger partial charge on any atom is -0.103 e. The molecule has 0 nitrogen and oxygen atoms in total. The Morgan fingerprint density at radius 1 is 2.50 bits per heavy atom. The van der Waals surface area contributed by atoms with Gasteiger partial charge >= 0.3 is 0 Å². The summed E-state index contributed by atoms with van der Waals surface area (Å²) < 4.78 is 6.42. The van der Waals surface area contributed by atoms with Crippen molar-refractivity contribution in [2.45, 2.75) is 13.3 Å². The van der Waals surface area contributed by atoms with E-state index in [9.17, 15) is 0 Å². The van der Waals surface area contributed by atoms with E-state index < -0.39 is 0 Å². The van der Waals surface area contributed by atoms with E-state index in [1.165, 1.54) is 6.55 Å². The van der Waals surface area contributed by atoms with Crippen LogP contribution in [0.3, 0.4) is 0 Å². The summed E-state index contributed by atoms with van der Waals surface area (Å²) in [4.78, 5) is 0. The Bertz CT molecular complexity index is 30.6. The van der Waals surface area contributed by atoms with Crippen LogP contribution in [0.1, 0.15) is 14.7 Å². The summed E-state index contributed by atoms with van der Waals surface area (Å²) in [6.45, 7) is 3.31. The summed E-state index contributed by atoms with van der Waals surface area (Å²) in [6.07, 6.45) is 2.77. The Labute approximate surface area is 28.5 Å². The predicted octanol–water partition coefficient (Wildman–Crippen LogP) is 1.58. The molecule has 0 N–H and O–H groups in total. The fraction of sp³-hybridized carbons (Fsp3) is 0.500. The molecule has 4 heavy (non-hydrogen) atoms. The quantitative estimate of drug-likeness (QED) is 0.401. The van der Waals surface area contributed by atoms with Gasteiger partial charge in [0.15, 0.2) is 0 Å². The van der Waals surface area contributed by atoms with Gasteiger partial charge < -0.3 is 0 Å². The van der Waals surface area contributed by atoms with Gasteiger partial charge in [0.2, 0.25) is 0 Å². The first-order chi connectivity index (χ1) is 2.41. The smallest absolute Gasteiger partial charge is 0.0534 e. The highest BCUT2D eigenvalue weighted by atomic mass is 13.5. The van der Waals surface area contributed by atoms with Crippen molar-refractivity contribution in [3.8, 4) is 0 Å². The molecule has 0 bridgehead atoms. The second-order valence-corrected chi connectivity index (χ2v) is 0.644. The van der Waals surface area contributed by atoms with E-state index in [1.807, 2.05) is 6.92 Å². The monoisotopic (exact) mass is 57.1 g/mol. The van der Waals surface area contributed by atoms with Crippen molar-refractivity contribution in [2.24, 2.45) is 0 Å². The van der Waals surface area contributed by atoms with Crippen LogP contribution in [0.5, 0.6) is 0 Å². The molecule has 0 aliphatic heterocycles. The molecule has 0 aromatic carbocycles. The summed E-state index contributed by atoms with van der Waals surface area (Å²) >= 11 is 0. The number of allylic oxidation sites excluding steroid dienone is 1. The molecule has 0 radical (unpaired) electrons. The Hall–Kier alpha value is -0.260. The Balaban J connectivity index is 2.62. The lowest BCUT2D eigenvalue weighted by molar-refractivity contribution is 1.23. The van der Waals surface area contributed by atoms with Gasteiger partial charge in [-0.2, -0.15) is 0 Å². The third-order valence-electron chi connectivity index (χ3n) is 0.236. The second-order valence-electron chi connectivity index (χ2n) is 0.644. The SMILES string of the molecule is [2H]/C=C\CC. The normalized spacial score (nSPS) is 12.8. The van der Waals surface area contributed by atoms with Crippen molar-refractivity contribution < 1.29 is 1.37 Å². The fourth-order valence-electron chi connectivity index (χ4n) is 0. The lowest BCUT2D eigenvalue weighted by atomic mass is 10.5. The zero-order chi connectivity index (χ0) is 4.12. The first-order valence-corrected chi connectivity index (χ1v) is 1.45. The van der Waals surface area contributed by atoms with E-state index in [2.05, 4.69) is 0 Å². The molecule has 0 amide bonds. The van der Waals surface area contributed by atoms with Gasteiger partial charge in [0, 0.05) is 0 Å². The van der Waals surface area contributed by atoms with Crippen LogP contribution < -0.4 is 0 Å². The predicted molar refractivity (Wildman–Crippen MR) is 20.5 cm³/mol. The lowest BCUT2D eigenvalue weighted by Crippen LogP contribution is -1.36. The molecule has 0 spiro atoms. The molecular weight excluding hydrogens is 48.0 g/mol. The average Bonchev–Trinajstić information content (AvgIpc) is 1.41. The first kappa shape index (κ1) is 2.01. The van der Waals surface area contributed by atoms with Gasteiger partial charge in [0.25, 0.3) is 0 Å².